The summed E-state index contributed by atoms with van der Waals surface area (Å²) < 4.78 is 4.98. The highest BCUT2D eigenvalue weighted by Crippen LogP contribution is 2.34. The maximum atomic E-state index is 11.7. The van der Waals surface area contributed by atoms with Gasteiger partial charge in [-0.25, -0.2) is 0 Å². The molecule has 0 spiro atoms. The van der Waals surface area contributed by atoms with E-state index in [4.69, 9.17) is 21.6 Å². The van der Waals surface area contributed by atoms with E-state index in [1.165, 1.54) is 0 Å². The van der Waals surface area contributed by atoms with E-state index in [1.807, 2.05) is 4.90 Å². The summed E-state index contributed by atoms with van der Waals surface area (Å²) in [6.45, 7) is 2.30. The lowest BCUT2D eigenvalue weighted by Crippen LogP contribution is -2.33. The molecule has 5 heteroatoms. The number of anilines is 1. The first kappa shape index (κ1) is 13.7. The number of hydrogen-bond donors (Lipinski definition) is 0. The van der Waals surface area contributed by atoms with Crippen LogP contribution in [0, 0.1) is 11.3 Å². The summed E-state index contributed by atoms with van der Waals surface area (Å²) in [6.07, 6.45) is 2.05. The van der Waals surface area contributed by atoms with Crippen LogP contribution in [0.4, 0.5) is 5.69 Å². The van der Waals surface area contributed by atoms with Gasteiger partial charge in [0, 0.05) is 11.1 Å². The number of carbonyl (C=O) groups excluding carboxylic acids is 1. The normalized spacial score (nSPS) is 13.7. The Morgan fingerprint density at radius 1 is 1.58 bits per heavy atom. The third-order valence-electron chi connectivity index (χ3n) is 2.98. The van der Waals surface area contributed by atoms with Gasteiger partial charge in [0.2, 0.25) is 0 Å². The number of nitrogens with zero attached hydrogens (tertiary/aromatic N) is 2. The molecule has 2 rings (SSSR count). The predicted octanol–water partition coefficient (Wildman–Crippen LogP) is 2.74. The zero-order chi connectivity index (χ0) is 13.8. The van der Waals surface area contributed by atoms with Gasteiger partial charge in [-0.1, -0.05) is 11.6 Å². The maximum Gasteiger partial charge on any atom is 0.325 e. The Balaban J connectivity index is 2.26. The molecular formula is C14H15ClN2O2. The van der Waals surface area contributed by atoms with Crippen LogP contribution in [0.5, 0.6) is 0 Å². The van der Waals surface area contributed by atoms with E-state index in [0.29, 0.717) is 28.9 Å². The minimum Gasteiger partial charge on any atom is -0.465 e. The maximum absolute atomic E-state index is 11.7. The van der Waals surface area contributed by atoms with Gasteiger partial charge in [-0.2, -0.15) is 5.26 Å². The number of halogens is 1. The Labute approximate surface area is 117 Å². The van der Waals surface area contributed by atoms with Crippen molar-refractivity contribution in [2.45, 2.75) is 25.8 Å². The quantitative estimate of drug-likeness (QED) is 0.777. The van der Waals surface area contributed by atoms with Gasteiger partial charge in [0.15, 0.2) is 0 Å². The molecule has 1 saturated carbocycles. The van der Waals surface area contributed by atoms with Crippen molar-refractivity contribution in [3.8, 4) is 6.07 Å². The highest BCUT2D eigenvalue weighted by atomic mass is 35.5. The number of hydrogen-bond acceptors (Lipinski definition) is 4. The van der Waals surface area contributed by atoms with Gasteiger partial charge in [-0.3, -0.25) is 4.79 Å². The highest BCUT2D eigenvalue weighted by Gasteiger charge is 2.32. The topological polar surface area (TPSA) is 53.3 Å². The molecule has 0 aromatic heterocycles. The van der Waals surface area contributed by atoms with Gasteiger partial charge in [-0.05, 0) is 38.0 Å². The van der Waals surface area contributed by atoms with Crippen molar-refractivity contribution in [1.82, 2.24) is 0 Å². The molecule has 0 heterocycles. The fourth-order valence-corrected chi connectivity index (χ4v) is 2.15. The minimum absolute atomic E-state index is 0.160. The van der Waals surface area contributed by atoms with Gasteiger partial charge in [0.1, 0.15) is 12.6 Å². The second kappa shape index (κ2) is 5.94. The summed E-state index contributed by atoms with van der Waals surface area (Å²) >= 11 is 5.99. The Hall–Kier alpha value is -1.73. The lowest BCUT2D eigenvalue weighted by molar-refractivity contribution is -0.141. The number of ether oxygens (including phenoxy) is 1. The number of carbonyl (C=O) groups is 1. The van der Waals surface area contributed by atoms with Crippen molar-refractivity contribution in [3.63, 3.8) is 0 Å². The van der Waals surface area contributed by atoms with Gasteiger partial charge in [-0.15, -0.1) is 0 Å². The highest BCUT2D eigenvalue weighted by molar-refractivity contribution is 6.30. The van der Waals surface area contributed by atoms with E-state index in [2.05, 4.69) is 6.07 Å². The first-order valence-corrected chi connectivity index (χ1v) is 6.65. The van der Waals surface area contributed by atoms with Crippen LogP contribution in [0.25, 0.3) is 0 Å². The van der Waals surface area contributed by atoms with Crippen LogP contribution in [-0.4, -0.2) is 25.2 Å². The Morgan fingerprint density at radius 2 is 2.32 bits per heavy atom. The molecule has 0 radical (unpaired) electrons. The SMILES string of the molecule is CCOC(=O)CN(c1cc(Cl)ccc1C#N)C1CC1. The van der Waals surface area contributed by atoms with E-state index in [-0.39, 0.29) is 12.5 Å². The molecule has 0 N–H and O–H groups in total. The zero-order valence-electron chi connectivity index (χ0n) is 10.7. The van der Waals surface area contributed by atoms with Crippen LogP contribution in [-0.2, 0) is 9.53 Å². The van der Waals surface area contributed by atoms with Gasteiger partial charge < -0.3 is 9.64 Å². The summed E-state index contributed by atoms with van der Waals surface area (Å²) in [5.74, 6) is -0.279. The summed E-state index contributed by atoms with van der Waals surface area (Å²) in [6, 6.07) is 7.53. The Bertz CT molecular complexity index is 521. The van der Waals surface area contributed by atoms with E-state index >= 15 is 0 Å². The van der Waals surface area contributed by atoms with Crippen LogP contribution < -0.4 is 4.90 Å². The molecule has 0 aliphatic heterocycles. The van der Waals surface area contributed by atoms with Crippen molar-refractivity contribution >= 4 is 23.3 Å². The fourth-order valence-electron chi connectivity index (χ4n) is 1.98. The molecule has 0 atom stereocenters. The van der Waals surface area contributed by atoms with Gasteiger partial charge >= 0.3 is 5.97 Å². The second-order valence-corrected chi connectivity index (χ2v) is 4.87. The van der Waals surface area contributed by atoms with Crippen molar-refractivity contribution in [2.75, 3.05) is 18.1 Å². The Morgan fingerprint density at radius 3 is 2.89 bits per heavy atom. The summed E-state index contributed by atoms with van der Waals surface area (Å²) in [5.41, 5.74) is 1.24. The fraction of sp³-hybridized carbons (Fsp3) is 0.429. The van der Waals surface area contributed by atoms with Crippen LogP contribution in [0.3, 0.4) is 0 Å². The number of nitriles is 1. The number of benzene rings is 1. The average molecular weight is 279 g/mol. The van der Waals surface area contributed by atoms with Crippen molar-refractivity contribution in [1.29, 1.82) is 5.26 Å². The molecule has 4 nitrogen and oxygen atoms in total. The third-order valence-corrected chi connectivity index (χ3v) is 3.22. The van der Waals surface area contributed by atoms with Gasteiger partial charge in [0.25, 0.3) is 0 Å². The van der Waals surface area contributed by atoms with E-state index < -0.39 is 0 Å². The molecule has 1 aliphatic carbocycles. The Kier molecular flexibility index (Phi) is 4.28. The first-order chi connectivity index (χ1) is 9.15. The molecular weight excluding hydrogens is 264 g/mol. The largest absolute Gasteiger partial charge is 0.465 e. The van der Waals surface area contributed by atoms with Crippen LogP contribution in [0.2, 0.25) is 5.02 Å². The van der Waals surface area contributed by atoms with Crippen molar-refractivity contribution in [3.05, 3.63) is 28.8 Å². The van der Waals surface area contributed by atoms with E-state index in [9.17, 15) is 4.79 Å². The molecule has 0 amide bonds. The predicted molar refractivity (Wildman–Crippen MR) is 73.2 cm³/mol. The summed E-state index contributed by atoms with van der Waals surface area (Å²) in [7, 11) is 0. The molecule has 1 fully saturated rings. The molecule has 19 heavy (non-hydrogen) atoms. The molecule has 100 valence electrons. The van der Waals surface area contributed by atoms with E-state index in [0.717, 1.165) is 12.8 Å². The smallest absolute Gasteiger partial charge is 0.325 e. The standard InChI is InChI=1S/C14H15ClN2O2/c1-2-19-14(18)9-17(12-5-6-12)13-7-11(15)4-3-10(13)8-16/h3-4,7,12H,2,5-6,9H2,1H3. The van der Waals surface area contributed by atoms with E-state index in [1.54, 1.807) is 25.1 Å². The number of esters is 1. The lowest BCUT2D eigenvalue weighted by Gasteiger charge is -2.24. The first-order valence-electron chi connectivity index (χ1n) is 6.27. The molecule has 0 unspecified atom stereocenters. The molecule has 1 aromatic rings. The monoisotopic (exact) mass is 278 g/mol. The summed E-state index contributed by atoms with van der Waals surface area (Å²) in [5, 5.41) is 9.72. The molecule has 1 aliphatic rings. The summed E-state index contributed by atoms with van der Waals surface area (Å²) in [4.78, 5) is 13.6. The van der Waals surface area contributed by atoms with Crippen molar-refractivity contribution < 1.29 is 9.53 Å². The van der Waals surface area contributed by atoms with Gasteiger partial charge in [0.05, 0.1) is 17.9 Å². The van der Waals surface area contributed by atoms with Crippen LogP contribution >= 0.6 is 11.6 Å². The lowest BCUT2D eigenvalue weighted by atomic mass is 10.1. The van der Waals surface area contributed by atoms with Crippen LogP contribution in [0.1, 0.15) is 25.3 Å². The van der Waals surface area contributed by atoms with Crippen LogP contribution in [0.15, 0.2) is 18.2 Å². The second-order valence-electron chi connectivity index (χ2n) is 4.44. The number of rotatable bonds is 5. The average Bonchev–Trinajstić information content (AvgIpc) is 3.20. The van der Waals surface area contributed by atoms with Crippen molar-refractivity contribution in [2.24, 2.45) is 0 Å². The molecule has 0 bridgehead atoms. The zero-order valence-corrected chi connectivity index (χ0v) is 11.5. The minimum atomic E-state index is -0.279. The molecule has 1 aromatic carbocycles. The molecule has 0 saturated heterocycles. The third kappa shape index (κ3) is 3.39.